The van der Waals surface area contributed by atoms with E-state index in [1.54, 1.807) is 6.33 Å². The van der Waals surface area contributed by atoms with Crippen LogP contribution in [0.15, 0.2) is 10.9 Å². The van der Waals surface area contributed by atoms with Crippen molar-refractivity contribution in [2.45, 2.75) is 25.9 Å². The highest BCUT2D eigenvalue weighted by Gasteiger charge is 2.25. The minimum Gasteiger partial charge on any atom is -0.377 e. The number of rotatable bonds is 3. The van der Waals surface area contributed by atoms with Crippen LogP contribution < -0.4 is 4.90 Å². The molecule has 118 valence electrons. The van der Waals surface area contributed by atoms with Crippen LogP contribution in [-0.4, -0.2) is 65.5 Å². The number of anilines is 1. The summed E-state index contributed by atoms with van der Waals surface area (Å²) in [6.45, 7) is 7.92. The van der Waals surface area contributed by atoms with Crippen molar-refractivity contribution in [2.24, 2.45) is 0 Å². The first-order valence-electron chi connectivity index (χ1n) is 7.97. The Labute approximate surface area is 129 Å². The second-order valence-corrected chi connectivity index (χ2v) is 6.07. The van der Waals surface area contributed by atoms with Crippen molar-refractivity contribution in [3.63, 3.8) is 0 Å². The van der Waals surface area contributed by atoms with Crippen molar-refractivity contribution >= 4 is 16.9 Å². The second kappa shape index (κ2) is 5.81. The number of nitrogens with zero attached hydrogens (tertiary/aromatic N) is 5. The van der Waals surface area contributed by atoms with E-state index >= 15 is 0 Å². The number of hydrogen-bond acceptors (Lipinski definition) is 7. The van der Waals surface area contributed by atoms with Crippen LogP contribution in [-0.2, 0) is 4.74 Å². The average molecular weight is 303 g/mol. The van der Waals surface area contributed by atoms with E-state index in [2.05, 4.69) is 24.9 Å². The summed E-state index contributed by atoms with van der Waals surface area (Å²) in [6.07, 6.45) is 4.39. The molecule has 2 fully saturated rings. The summed E-state index contributed by atoms with van der Waals surface area (Å²) < 4.78 is 11.0. The van der Waals surface area contributed by atoms with E-state index in [4.69, 9.17) is 9.26 Å². The zero-order chi connectivity index (χ0) is 14.9. The molecule has 0 saturated carbocycles. The lowest BCUT2D eigenvalue weighted by molar-refractivity contribution is 0.0712. The largest absolute Gasteiger partial charge is 0.377 e. The molecule has 22 heavy (non-hydrogen) atoms. The number of aryl methyl sites for hydroxylation is 1. The van der Waals surface area contributed by atoms with Gasteiger partial charge in [-0.2, -0.15) is 4.98 Å². The molecule has 2 aliphatic heterocycles. The lowest BCUT2D eigenvalue weighted by atomic mass is 10.2. The molecular weight excluding hydrogens is 282 g/mol. The average Bonchev–Trinajstić information content (AvgIpc) is 3.18. The van der Waals surface area contributed by atoms with Crippen LogP contribution >= 0.6 is 0 Å². The van der Waals surface area contributed by atoms with Crippen molar-refractivity contribution in [1.29, 1.82) is 0 Å². The minimum absolute atomic E-state index is 0.428. The number of hydrogen-bond donors (Lipinski definition) is 0. The molecule has 7 nitrogen and oxygen atoms in total. The predicted octanol–water partition coefficient (Wildman–Crippen LogP) is 1.23. The van der Waals surface area contributed by atoms with Gasteiger partial charge in [-0.1, -0.05) is 5.16 Å². The van der Waals surface area contributed by atoms with Crippen LogP contribution in [0.3, 0.4) is 0 Å². The van der Waals surface area contributed by atoms with Crippen molar-refractivity contribution in [3.05, 3.63) is 12.0 Å². The first-order chi connectivity index (χ1) is 10.8. The van der Waals surface area contributed by atoms with Crippen molar-refractivity contribution in [1.82, 2.24) is 20.0 Å². The van der Waals surface area contributed by atoms with E-state index in [-0.39, 0.29) is 0 Å². The Morgan fingerprint density at radius 3 is 2.86 bits per heavy atom. The molecule has 0 amide bonds. The molecule has 0 radical (unpaired) electrons. The highest BCUT2D eigenvalue weighted by atomic mass is 16.5. The van der Waals surface area contributed by atoms with Gasteiger partial charge >= 0.3 is 0 Å². The third-order valence-electron chi connectivity index (χ3n) is 4.58. The highest BCUT2D eigenvalue weighted by Crippen LogP contribution is 2.26. The standard InChI is InChI=1S/C15H21N5O2/c1-11-13-14(16-10-17-15(13)22-18-11)20-6-4-19(5-7-20)9-12-3-2-8-21-12/h10,12H,2-9H2,1H3. The Bertz CT molecular complexity index is 644. The molecule has 0 aromatic carbocycles. The van der Waals surface area contributed by atoms with Gasteiger partial charge in [0.15, 0.2) is 0 Å². The Morgan fingerprint density at radius 2 is 2.09 bits per heavy atom. The quantitative estimate of drug-likeness (QED) is 0.844. The van der Waals surface area contributed by atoms with Gasteiger partial charge in [-0.15, -0.1) is 0 Å². The summed E-state index contributed by atoms with van der Waals surface area (Å²) in [5, 5.41) is 4.94. The van der Waals surface area contributed by atoms with Gasteiger partial charge in [-0.3, -0.25) is 4.90 Å². The normalized spacial score (nSPS) is 23.5. The highest BCUT2D eigenvalue weighted by molar-refractivity contribution is 5.87. The third kappa shape index (κ3) is 2.55. The molecule has 7 heteroatoms. The molecule has 4 heterocycles. The Kier molecular flexibility index (Phi) is 3.67. The lowest BCUT2D eigenvalue weighted by Gasteiger charge is -2.36. The molecule has 0 bridgehead atoms. The second-order valence-electron chi connectivity index (χ2n) is 6.07. The SMILES string of the molecule is Cc1noc2ncnc(N3CCN(CC4CCCO4)CC3)c12. The van der Waals surface area contributed by atoms with Gasteiger partial charge in [0.2, 0.25) is 0 Å². The maximum Gasteiger partial charge on any atom is 0.263 e. The zero-order valence-corrected chi connectivity index (χ0v) is 12.9. The molecule has 1 unspecified atom stereocenters. The van der Waals surface area contributed by atoms with Crippen molar-refractivity contribution in [2.75, 3.05) is 44.2 Å². The summed E-state index contributed by atoms with van der Waals surface area (Å²) in [6, 6.07) is 0. The van der Waals surface area contributed by atoms with Crippen LogP contribution in [0, 0.1) is 6.92 Å². The zero-order valence-electron chi connectivity index (χ0n) is 12.9. The van der Waals surface area contributed by atoms with Crippen LogP contribution in [0.5, 0.6) is 0 Å². The van der Waals surface area contributed by atoms with Gasteiger partial charge in [0.1, 0.15) is 17.5 Å². The molecule has 0 spiro atoms. The molecule has 1 atom stereocenters. The van der Waals surface area contributed by atoms with Gasteiger partial charge in [0.05, 0.1) is 11.8 Å². The van der Waals surface area contributed by atoms with Gasteiger partial charge in [0, 0.05) is 39.3 Å². The summed E-state index contributed by atoms with van der Waals surface area (Å²) in [7, 11) is 0. The van der Waals surface area contributed by atoms with E-state index in [1.165, 1.54) is 12.8 Å². The molecule has 2 saturated heterocycles. The Morgan fingerprint density at radius 1 is 1.23 bits per heavy atom. The molecule has 0 aliphatic carbocycles. The Balaban J connectivity index is 1.45. The number of aromatic nitrogens is 3. The van der Waals surface area contributed by atoms with Gasteiger partial charge in [-0.05, 0) is 19.8 Å². The lowest BCUT2D eigenvalue weighted by Crippen LogP contribution is -2.48. The molecule has 2 aromatic heterocycles. The maximum absolute atomic E-state index is 5.73. The van der Waals surface area contributed by atoms with E-state index in [1.807, 2.05) is 6.92 Å². The first-order valence-corrected chi connectivity index (χ1v) is 7.97. The fourth-order valence-corrected chi connectivity index (χ4v) is 3.36. The minimum atomic E-state index is 0.428. The fraction of sp³-hybridized carbons (Fsp3) is 0.667. The topological polar surface area (TPSA) is 67.5 Å². The molecule has 2 aromatic rings. The molecule has 4 rings (SSSR count). The Hall–Kier alpha value is -1.73. The monoisotopic (exact) mass is 303 g/mol. The van der Waals surface area contributed by atoms with E-state index in [0.717, 1.165) is 56.2 Å². The van der Waals surface area contributed by atoms with Gasteiger partial charge < -0.3 is 14.2 Å². The summed E-state index contributed by atoms with van der Waals surface area (Å²) in [5.41, 5.74) is 1.43. The summed E-state index contributed by atoms with van der Waals surface area (Å²) in [5.74, 6) is 0.945. The van der Waals surface area contributed by atoms with Crippen LogP contribution in [0.2, 0.25) is 0 Å². The third-order valence-corrected chi connectivity index (χ3v) is 4.58. The van der Waals surface area contributed by atoms with E-state index < -0.39 is 0 Å². The number of fused-ring (bicyclic) bond motifs is 1. The van der Waals surface area contributed by atoms with Gasteiger partial charge in [-0.25, -0.2) is 4.98 Å². The van der Waals surface area contributed by atoms with Crippen molar-refractivity contribution in [3.8, 4) is 0 Å². The predicted molar refractivity (Wildman–Crippen MR) is 82.0 cm³/mol. The van der Waals surface area contributed by atoms with Gasteiger partial charge in [0.25, 0.3) is 5.71 Å². The van der Waals surface area contributed by atoms with E-state index in [0.29, 0.717) is 11.8 Å². The smallest absolute Gasteiger partial charge is 0.263 e. The summed E-state index contributed by atoms with van der Waals surface area (Å²) >= 11 is 0. The van der Waals surface area contributed by atoms with Crippen molar-refractivity contribution < 1.29 is 9.26 Å². The number of ether oxygens (including phenoxy) is 1. The fourth-order valence-electron chi connectivity index (χ4n) is 3.36. The maximum atomic E-state index is 5.73. The summed E-state index contributed by atoms with van der Waals surface area (Å²) in [4.78, 5) is 13.4. The van der Waals surface area contributed by atoms with Crippen LogP contribution in [0.1, 0.15) is 18.5 Å². The first kappa shape index (κ1) is 13.9. The van der Waals surface area contributed by atoms with E-state index in [9.17, 15) is 0 Å². The molecular formula is C15H21N5O2. The number of piperazine rings is 1. The van der Waals surface area contributed by atoms with Crippen LogP contribution in [0.4, 0.5) is 5.82 Å². The molecule has 2 aliphatic rings. The van der Waals surface area contributed by atoms with Crippen LogP contribution in [0.25, 0.3) is 11.1 Å². The molecule has 0 N–H and O–H groups in total.